The minimum atomic E-state index is -0.607. The number of halogens is 1. The van der Waals surface area contributed by atoms with Crippen LogP contribution in [0, 0.1) is 5.82 Å². The van der Waals surface area contributed by atoms with Crippen LogP contribution < -0.4 is 19.5 Å². The Bertz CT molecular complexity index is 1430. The highest BCUT2D eigenvalue weighted by molar-refractivity contribution is 5.85. The molecule has 1 N–H and O–H groups in total. The van der Waals surface area contributed by atoms with Gasteiger partial charge >= 0.3 is 0 Å². The molecule has 3 heterocycles. The number of benzene rings is 3. The summed E-state index contributed by atoms with van der Waals surface area (Å²) in [6.45, 7) is 0. The number of rotatable bonds is 4. The van der Waals surface area contributed by atoms with Crippen molar-refractivity contribution in [3.8, 4) is 17.2 Å². The Hall–Kier alpha value is -4.33. The molecule has 2 aliphatic heterocycles. The number of nitrogens with one attached hydrogen (secondary N) is 1. The molecule has 170 valence electrons. The van der Waals surface area contributed by atoms with Crippen molar-refractivity contribution >= 4 is 11.6 Å². The quantitative estimate of drug-likeness (QED) is 0.466. The van der Waals surface area contributed by atoms with Gasteiger partial charge in [-0.2, -0.15) is 10.1 Å². The first-order valence-corrected chi connectivity index (χ1v) is 10.8. The Morgan fingerprint density at radius 3 is 2.62 bits per heavy atom. The predicted octanol–water partition coefficient (Wildman–Crippen LogP) is 4.99. The summed E-state index contributed by atoms with van der Waals surface area (Å²) in [7, 11) is 3.22. The second-order valence-corrected chi connectivity index (χ2v) is 8.01. The number of ether oxygens (including phenoxy) is 3. The number of nitrogens with zero attached hydrogens (tertiary/aromatic N) is 3. The number of anilines is 1. The summed E-state index contributed by atoms with van der Waals surface area (Å²) in [5.74, 6) is 2.18. The maximum Gasteiger partial charge on any atom is 0.226 e. The van der Waals surface area contributed by atoms with Crippen molar-refractivity contribution in [2.45, 2.75) is 12.1 Å². The first-order valence-electron chi connectivity index (χ1n) is 10.8. The summed E-state index contributed by atoms with van der Waals surface area (Å²) in [6.07, 6.45) is 0.854. The van der Waals surface area contributed by atoms with E-state index in [0.29, 0.717) is 28.8 Å². The molecule has 0 radical (unpaired) electrons. The van der Waals surface area contributed by atoms with Crippen molar-refractivity contribution in [1.82, 2.24) is 14.8 Å². The maximum atomic E-state index is 15.2. The highest BCUT2D eigenvalue weighted by Gasteiger charge is 2.42. The van der Waals surface area contributed by atoms with E-state index in [4.69, 9.17) is 14.2 Å². The molecule has 2 aliphatic rings. The molecular weight excluding hydrogens is 435 g/mol. The molecule has 34 heavy (non-hydrogen) atoms. The third-order valence-corrected chi connectivity index (χ3v) is 6.24. The van der Waals surface area contributed by atoms with Gasteiger partial charge in [-0.3, -0.25) is 0 Å². The molecule has 2 atom stereocenters. The van der Waals surface area contributed by atoms with Crippen LogP contribution in [-0.4, -0.2) is 29.0 Å². The van der Waals surface area contributed by atoms with E-state index in [2.05, 4.69) is 15.4 Å². The molecule has 0 aliphatic carbocycles. The third kappa shape index (κ3) is 3.02. The summed E-state index contributed by atoms with van der Waals surface area (Å²) in [6, 6.07) is 19.4. The summed E-state index contributed by atoms with van der Waals surface area (Å²) >= 11 is 0. The molecule has 0 amide bonds. The second-order valence-electron chi connectivity index (χ2n) is 8.01. The lowest BCUT2D eigenvalue weighted by Gasteiger charge is -2.39. The van der Waals surface area contributed by atoms with Crippen LogP contribution in [0.25, 0.3) is 5.70 Å². The first-order chi connectivity index (χ1) is 16.7. The zero-order valence-electron chi connectivity index (χ0n) is 18.5. The molecule has 0 saturated heterocycles. The van der Waals surface area contributed by atoms with Crippen LogP contribution >= 0.6 is 0 Å². The van der Waals surface area contributed by atoms with Gasteiger partial charge in [0, 0.05) is 22.3 Å². The largest absolute Gasteiger partial charge is 0.497 e. The van der Waals surface area contributed by atoms with Crippen LogP contribution in [0.2, 0.25) is 0 Å². The minimum absolute atomic E-state index is 0.335. The number of aromatic nitrogens is 3. The van der Waals surface area contributed by atoms with Crippen LogP contribution in [0.5, 0.6) is 17.2 Å². The molecule has 0 saturated carbocycles. The van der Waals surface area contributed by atoms with Gasteiger partial charge in [0.05, 0.1) is 19.9 Å². The van der Waals surface area contributed by atoms with Crippen LogP contribution in [0.15, 0.2) is 78.6 Å². The molecule has 3 aromatic carbocycles. The van der Waals surface area contributed by atoms with Crippen LogP contribution in [0.4, 0.5) is 10.3 Å². The topological polar surface area (TPSA) is 70.4 Å². The minimum Gasteiger partial charge on any atom is -0.497 e. The van der Waals surface area contributed by atoms with Crippen molar-refractivity contribution in [2.75, 3.05) is 19.5 Å². The van der Waals surface area contributed by atoms with E-state index in [1.54, 1.807) is 31.0 Å². The lowest BCUT2D eigenvalue weighted by molar-refractivity contribution is 0.216. The van der Waals surface area contributed by atoms with Crippen LogP contribution in [0.1, 0.15) is 28.8 Å². The molecule has 7 nitrogen and oxygen atoms in total. The molecule has 4 aromatic rings. The number of para-hydroxylation sites is 1. The predicted molar refractivity (Wildman–Crippen MR) is 124 cm³/mol. The fourth-order valence-electron chi connectivity index (χ4n) is 4.72. The molecule has 0 bridgehead atoms. The van der Waals surface area contributed by atoms with Gasteiger partial charge in [0.15, 0.2) is 6.10 Å². The molecule has 8 heteroatoms. The third-order valence-electron chi connectivity index (χ3n) is 6.24. The van der Waals surface area contributed by atoms with E-state index >= 15 is 4.39 Å². The average molecular weight is 456 g/mol. The smallest absolute Gasteiger partial charge is 0.226 e. The summed E-state index contributed by atoms with van der Waals surface area (Å²) in [5.41, 5.74) is 3.71. The Balaban J connectivity index is 1.66. The molecule has 0 unspecified atom stereocenters. The van der Waals surface area contributed by atoms with Crippen LogP contribution in [-0.2, 0) is 0 Å². The van der Waals surface area contributed by atoms with Gasteiger partial charge in [-0.15, -0.1) is 0 Å². The Morgan fingerprint density at radius 1 is 0.971 bits per heavy atom. The van der Waals surface area contributed by atoms with Gasteiger partial charge in [0.25, 0.3) is 0 Å². The standard InChI is InChI=1S/C26H21FN4O3/c1-32-15-11-12-20(33-2)18(13-15)25-22-23(17-8-4-6-10-21(17)34-25)30-26-28-14-29-31(26)24(22)16-7-3-5-9-19(16)27/h3-14,24-25H,1-2H3,(H,28,29,30)/t24-,25+/m1/s1. The highest BCUT2D eigenvalue weighted by atomic mass is 19.1. The Morgan fingerprint density at radius 2 is 1.79 bits per heavy atom. The van der Waals surface area contributed by atoms with Gasteiger partial charge in [-0.1, -0.05) is 30.3 Å². The lowest BCUT2D eigenvalue weighted by Crippen LogP contribution is -2.33. The number of methoxy groups -OCH3 is 2. The molecule has 0 spiro atoms. The Kier molecular flexibility index (Phi) is 4.72. The normalized spacial score (nSPS) is 18.2. The van der Waals surface area contributed by atoms with E-state index < -0.39 is 12.1 Å². The van der Waals surface area contributed by atoms with E-state index in [1.165, 1.54) is 12.4 Å². The van der Waals surface area contributed by atoms with Gasteiger partial charge in [0.1, 0.15) is 35.4 Å². The van der Waals surface area contributed by atoms with Gasteiger partial charge < -0.3 is 19.5 Å². The van der Waals surface area contributed by atoms with Gasteiger partial charge in [-0.25, -0.2) is 9.07 Å². The van der Waals surface area contributed by atoms with Crippen molar-refractivity contribution < 1.29 is 18.6 Å². The van der Waals surface area contributed by atoms with Crippen molar-refractivity contribution in [3.05, 3.63) is 101 Å². The monoisotopic (exact) mass is 456 g/mol. The first kappa shape index (κ1) is 20.3. The molecule has 1 aromatic heterocycles. The number of hydrogen-bond acceptors (Lipinski definition) is 6. The zero-order valence-corrected chi connectivity index (χ0v) is 18.5. The van der Waals surface area contributed by atoms with E-state index in [-0.39, 0.29) is 5.82 Å². The van der Waals surface area contributed by atoms with Gasteiger partial charge in [0.2, 0.25) is 5.95 Å². The zero-order chi connectivity index (χ0) is 23.2. The van der Waals surface area contributed by atoms with Gasteiger partial charge in [-0.05, 0) is 36.4 Å². The van der Waals surface area contributed by atoms with Crippen molar-refractivity contribution in [2.24, 2.45) is 0 Å². The average Bonchev–Trinajstić information content (AvgIpc) is 3.35. The number of fused-ring (bicyclic) bond motifs is 3. The summed E-state index contributed by atoms with van der Waals surface area (Å²) in [5, 5.41) is 7.85. The van der Waals surface area contributed by atoms with E-state index in [9.17, 15) is 0 Å². The molecule has 0 fully saturated rings. The fraction of sp³-hybridized carbons (Fsp3) is 0.154. The number of hydrogen-bond donors (Lipinski definition) is 1. The van der Waals surface area contributed by atoms with Crippen LogP contribution in [0.3, 0.4) is 0 Å². The second kappa shape index (κ2) is 7.91. The van der Waals surface area contributed by atoms with Crippen molar-refractivity contribution in [1.29, 1.82) is 0 Å². The maximum absolute atomic E-state index is 15.2. The Labute approximate surface area is 195 Å². The van der Waals surface area contributed by atoms with Crippen molar-refractivity contribution in [3.63, 3.8) is 0 Å². The SMILES string of the molecule is COc1ccc(OC)c([C@@H]2Oc3ccccc3C3=C2[C@@H](c2ccccc2F)n2ncnc2N3)c1. The van der Waals surface area contributed by atoms with E-state index in [1.807, 2.05) is 48.5 Å². The van der Waals surface area contributed by atoms with E-state index in [0.717, 1.165) is 22.4 Å². The molecular formula is C26H21FN4O3. The highest BCUT2D eigenvalue weighted by Crippen LogP contribution is 2.52. The fourth-order valence-corrected chi connectivity index (χ4v) is 4.72. The lowest BCUT2D eigenvalue weighted by atomic mass is 9.84. The summed E-state index contributed by atoms with van der Waals surface area (Å²) < 4.78 is 34.7. The summed E-state index contributed by atoms with van der Waals surface area (Å²) in [4.78, 5) is 4.38. The molecule has 6 rings (SSSR count).